The lowest BCUT2D eigenvalue weighted by molar-refractivity contribution is -0.131. The van der Waals surface area contributed by atoms with Gasteiger partial charge in [0.05, 0.1) is 13.2 Å². The monoisotopic (exact) mass is 171 g/mol. The lowest BCUT2D eigenvalue weighted by atomic mass is 9.89. The molecule has 0 unspecified atom stereocenters. The Balaban J connectivity index is 2.13. The van der Waals surface area contributed by atoms with Crippen molar-refractivity contribution < 1.29 is 14.6 Å². The van der Waals surface area contributed by atoms with Crippen LogP contribution < -0.4 is 5.32 Å². The van der Waals surface area contributed by atoms with Gasteiger partial charge in [0.15, 0.2) is 0 Å². The first kappa shape index (κ1) is 9.06. The molecule has 0 aliphatic carbocycles. The van der Waals surface area contributed by atoms with E-state index in [0.29, 0.717) is 0 Å². The lowest BCUT2D eigenvalue weighted by Gasteiger charge is -2.37. The lowest BCUT2D eigenvalue weighted by Crippen LogP contribution is -2.46. The van der Waals surface area contributed by atoms with Crippen molar-refractivity contribution in [1.29, 1.82) is 0 Å². The van der Waals surface area contributed by atoms with Crippen molar-refractivity contribution in [2.75, 3.05) is 19.8 Å². The van der Waals surface area contributed by atoms with Crippen LogP contribution in [-0.2, 0) is 9.53 Å². The molecule has 1 aliphatic rings. The zero-order valence-electron chi connectivity index (χ0n) is 7.04. The Kier molecular flexibility index (Phi) is 2.70. The molecule has 2 N–H and O–H groups in total. The number of carboxylic acid groups (broad SMARTS) is 1. The summed E-state index contributed by atoms with van der Waals surface area (Å²) in [5.74, 6) is -0.933. The molecule has 0 aromatic carbocycles. The summed E-state index contributed by atoms with van der Waals surface area (Å²) in [6.07, 6.45) is 2.54. The van der Waals surface area contributed by atoms with E-state index in [1.54, 1.807) is 0 Å². The number of hydrogen-bond acceptors (Lipinski definition) is 3. The number of ether oxygens (including phenoxy) is 1. The summed E-state index contributed by atoms with van der Waals surface area (Å²) in [7, 11) is 0. The van der Waals surface area contributed by atoms with Crippen LogP contribution in [0.4, 0.5) is 0 Å². The van der Waals surface area contributed by atoms with E-state index in [0.717, 1.165) is 25.8 Å². The van der Waals surface area contributed by atoms with Gasteiger partial charge in [-0.25, -0.2) is 4.79 Å². The molecule has 0 radical (unpaired) electrons. The third-order valence-electron chi connectivity index (χ3n) is 1.77. The zero-order valence-corrected chi connectivity index (χ0v) is 7.04. The second kappa shape index (κ2) is 3.58. The summed E-state index contributed by atoms with van der Waals surface area (Å²) in [5, 5.41) is 11.2. The average molecular weight is 171 g/mol. The highest BCUT2D eigenvalue weighted by Gasteiger charge is 2.32. The second-order valence-corrected chi connectivity index (χ2v) is 3.36. The van der Waals surface area contributed by atoms with Crippen molar-refractivity contribution in [3.63, 3.8) is 0 Å². The molecule has 68 valence electrons. The van der Waals surface area contributed by atoms with Gasteiger partial charge < -0.3 is 15.2 Å². The van der Waals surface area contributed by atoms with Gasteiger partial charge in [-0.1, -0.05) is 6.92 Å². The largest absolute Gasteiger partial charge is 0.478 e. The molecule has 1 heterocycles. The summed E-state index contributed by atoms with van der Waals surface area (Å²) >= 11 is 0. The molecule has 0 aromatic heterocycles. The van der Waals surface area contributed by atoms with Crippen LogP contribution in [0.25, 0.3) is 0 Å². The Morgan fingerprint density at radius 2 is 2.42 bits per heavy atom. The number of carboxylic acids is 1. The third kappa shape index (κ3) is 2.54. The van der Waals surface area contributed by atoms with Crippen LogP contribution in [0.2, 0.25) is 0 Å². The quantitative estimate of drug-likeness (QED) is 0.594. The third-order valence-corrected chi connectivity index (χ3v) is 1.77. The van der Waals surface area contributed by atoms with Gasteiger partial charge >= 0.3 is 5.97 Å². The maximum atomic E-state index is 10.1. The molecule has 0 spiro atoms. The fourth-order valence-electron chi connectivity index (χ4n) is 0.988. The highest BCUT2D eigenvalue weighted by Crippen LogP contribution is 2.24. The van der Waals surface area contributed by atoms with Crippen molar-refractivity contribution in [3.8, 4) is 0 Å². The number of rotatable bonds is 4. The Morgan fingerprint density at radius 1 is 1.75 bits per heavy atom. The topological polar surface area (TPSA) is 58.6 Å². The Bertz CT molecular complexity index is 196. The molecule has 1 saturated heterocycles. The fraction of sp³-hybridized carbons (Fsp3) is 0.625. The fourth-order valence-corrected chi connectivity index (χ4v) is 0.988. The van der Waals surface area contributed by atoms with Crippen molar-refractivity contribution in [1.82, 2.24) is 5.32 Å². The number of carbonyl (C=O) groups is 1. The Morgan fingerprint density at radius 3 is 2.83 bits per heavy atom. The molecule has 0 aromatic rings. The van der Waals surface area contributed by atoms with Gasteiger partial charge in [0.1, 0.15) is 0 Å². The molecular formula is C8H13NO3. The van der Waals surface area contributed by atoms with Crippen LogP contribution >= 0.6 is 0 Å². The van der Waals surface area contributed by atoms with Crippen molar-refractivity contribution in [2.24, 2.45) is 5.41 Å². The molecule has 1 aliphatic heterocycles. The van der Waals surface area contributed by atoms with Gasteiger partial charge in [0.2, 0.25) is 0 Å². The predicted molar refractivity (Wildman–Crippen MR) is 43.7 cm³/mol. The highest BCUT2D eigenvalue weighted by atomic mass is 16.5. The summed E-state index contributed by atoms with van der Waals surface area (Å²) in [6.45, 7) is 4.36. The first-order chi connectivity index (χ1) is 5.62. The Labute approximate surface area is 71.2 Å². The van der Waals surface area contributed by atoms with Crippen LogP contribution in [0.15, 0.2) is 12.3 Å². The number of aliphatic carboxylic acids is 1. The van der Waals surface area contributed by atoms with Crippen LogP contribution in [0.3, 0.4) is 0 Å². The molecule has 0 atom stereocenters. The van der Waals surface area contributed by atoms with E-state index in [-0.39, 0.29) is 5.41 Å². The van der Waals surface area contributed by atoms with E-state index in [1.165, 1.54) is 6.20 Å². The standard InChI is InChI=1S/C8H13NO3/c1-8(5-12-6-8)4-9-3-2-7(10)11/h2-3,9H,4-6H2,1H3,(H,10,11)/b3-2+. The van der Waals surface area contributed by atoms with E-state index in [1.807, 2.05) is 0 Å². The molecular weight excluding hydrogens is 158 g/mol. The number of nitrogens with one attached hydrogen (secondary N) is 1. The normalized spacial score (nSPS) is 20.4. The van der Waals surface area contributed by atoms with E-state index in [9.17, 15) is 4.79 Å². The minimum absolute atomic E-state index is 0.183. The highest BCUT2D eigenvalue weighted by molar-refractivity contribution is 5.79. The first-order valence-corrected chi connectivity index (χ1v) is 3.83. The average Bonchev–Trinajstić information content (AvgIpc) is 1.94. The predicted octanol–water partition coefficient (Wildman–Crippen LogP) is 0.211. The second-order valence-electron chi connectivity index (χ2n) is 3.36. The Hall–Kier alpha value is -1.03. The summed E-state index contributed by atoms with van der Waals surface area (Å²) in [4.78, 5) is 10.1. The van der Waals surface area contributed by atoms with Gasteiger partial charge in [-0.3, -0.25) is 0 Å². The van der Waals surface area contributed by atoms with Gasteiger partial charge in [-0.2, -0.15) is 0 Å². The maximum absolute atomic E-state index is 10.1. The van der Waals surface area contributed by atoms with E-state index in [2.05, 4.69) is 12.2 Å². The van der Waals surface area contributed by atoms with Gasteiger partial charge in [0.25, 0.3) is 0 Å². The van der Waals surface area contributed by atoms with Crippen molar-refractivity contribution in [3.05, 3.63) is 12.3 Å². The summed E-state index contributed by atoms with van der Waals surface area (Å²) in [5.41, 5.74) is 0.183. The summed E-state index contributed by atoms with van der Waals surface area (Å²) < 4.78 is 5.04. The number of hydrogen-bond donors (Lipinski definition) is 2. The molecule has 12 heavy (non-hydrogen) atoms. The van der Waals surface area contributed by atoms with Crippen LogP contribution in [-0.4, -0.2) is 30.8 Å². The molecule has 0 bridgehead atoms. The molecule has 1 fully saturated rings. The van der Waals surface area contributed by atoms with Gasteiger partial charge in [0, 0.05) is 24.2 Å². The minimum Gasteiger partial charge on any atom is -0.478 e. The molecule has 4 heteroatoms. The molecule has 4 nitrogen and oxygen atoms in total. The smallest absolute Gasteiger partial charge is 0.329 e. The van der Waals surface area contributed by atoms with E-state index >= 15 is 0 Å². The van der Waals surface area contributed by atoms with Crippen LogP contribution in [0, 0.1) is 5.41 Å². The minimum atomic E-state index is -0.933. The van der Waals surface area contributed by atoms with Crippen molar-refractivity contribution >= 4 is 5.97 Å². The van der Waals surface area contributed by atoms with Crippen molar-refractivity contribution in [2.45, 2.75) is 6.92 Å². The van der Waals surface area contributed by atoms with Crippen LogP contribution in [0.5, 0.6) is 0 Å². The molecule has 1 rings (SSSR count). The van der Waals surface area contributed by atoms with Gasteiger partial charge in [-0.15, -0.1) is 0 Å². The SMILES string of the molecule is CC1(CN/C=C/C(=O)O)COC1. The van der Waals surface area contributed by atoms with Crippen LogP contribution in [0.1, 0.15) is 6.92 Å². The molecule has 0 saturated carbocycles. The maximum Gasteiger partial charge on any atom is 0.329 e. The first-order valence-electron chi connectivity index (χ1n) is 3.83. The van der Waals surface area contributed by atoms with E-state index < -0.39 is 5.97 Å². The zero-order chi connectivity index (χ0) is 9.03. The van der Waals surface area contributed by atoms with Gasteiger partial charge in [-0.05, 0) is 0 Å². The van der Waals surface area contributed by atoms with E-state index in [4.69, 9.17) is 9.84 Å². The molecule has 0 amide bonds. The summed E-state index contributed by atoms with van der Waals surface area (Å²) in [6, 6.07) is 0.